The number of hydrogen-bond acceptors (Lipinski definition) is 5. The van der Waals surface area contributed by atoms with Crippen molar-refractivity contribution in [1.29, 1.82) is 0 Å². The Morgan fingerprint density at radius 1 is 1.11 bits per heavy atom. The summed E-state index contributed by atoms with van der Waals surface area (Å²) in [7, 11) is 0. The first-order chi connectivity index (χ1) is 9.29. The van der Waals surface area contributed by atoms with Gasteiger partial charge in [0.1, 0.15) is 0 Å². The van der Waals surface area contributed by atoms with Crippen molar-refractivity contribution >= 4 is 17.0 Å². The predicted octanol–water partition coefficient (Wildman–Crippen LogP) is 2.89. The maximum Gasteiger partial charge on any atom is 0.231 e. The number of rotatable bonds is 4. The molecule has 0 amide bonds. The van der Waals surface area contributed by atoms with E-state index in [1.54, 1.807) is 11.3 Å². The van der Waals surface area contributed by atoms with Crippen LogP contribution in [0.4, 0.5) is 5.69 Å². The van der Waals surface area contributed by atoms with Gasteiger partial charge in [-0.05, 0) is 29.1 Å². The van der Waals surface area contributed by atoms with Gasteiger partial charge in [-0.15, -0.1) is 11.3 Å². The second-order valence-electron chi connectivity index (χ2n) is 4.28. The second kappa shape index (κ2) is 5.24. The van der Waals surface area contributed by atoms with E-state index in [0.717, 1.165) is 23.5 Å². The van der Waals surface area contributed by atoms with Gasteiger partial charge in [-0.25, -0.2) is 0 Å². The molecule has 0 bridgehead atoms. The van der Waals surface area contributed by atoms with Gasteiger partial charge in [0.25, 0.3) is 0 Å². The largest absolute Gasteiger partial charge is 0.399 e. The lowest BCUT2D eigenvalue weighted by molar-refractivity contribution is 0.380. The van der Waals surface area contributed by atoms with Crippen LogP contribution in [-0.2, 0) is 12.8 Å². The van der Waals surface area contributed by atoms with E-state index in [4.69, 9.17) is 10.3 Å². The van der Waals surface area contributed by atoms with Crippen molar-refractivity contribution in [1.82, 2.24) is 10.1 Å². The minimum absolute atomic E-state index is 0.635. The third-order valence-electron chi connectivity index (χ3n) is 2.76. The van der Waals surface area contributed by atoms with Gasteiger partial charge in [-0.2, -0.15) is 4.98 Å². The van der Waals surface area contributed by atoms with Crippen molar-refractivity contribution in [2.75, 3.05) is 5.73 Å². The van der Waals surface area contributed by atoms with Crippen LogP contribution in [0.1, 0.15) is 22.2 Å². The minimum Gasteiger partial charge on any atom is -0.399 e. The number of anilines is 1. The van der Waals surface area contributed by atoms with Gasteiger partial charge in [0.2, 0.25) is 5.89 Å². The average molecular weight is 271 g/mol. The molecule has 0 unspecified atom stereocenters. The highest BCUT2D eigenvalue weighted by molar-refractivity contribution is 7.09. The van der Waals surface area contributed by atoms with E-state index < -0.39 is 0 Å². The van der Waals surface area contributed by atoms with Crippen LogP contribution in [0, 0.1) is 0 Å². The fourth-order valence-electron chi connectivity index (χ4n) is 1.81. The standard InChI is InChI=1S/C14H13N3OS/c15-11-5-3-10(4-6-11)8-14-16-13(17-18-14)9-12-2-1-7-19-12/h1-7H,8-9,15H2. The maximum atomic E-state index is 5.65. The van der Waals surface area contributed by atoms with Gasteiger partial charge >= 0.3 is 0 Å². The number of thiophene rings is 1. The first-order valence-electron chi connectivity index (χ1n) is 5.98. The van der Waals surface area contributed by atoms with Gasteiger partial charge in [0.05, 0.1) is 6.42 Å². The van der Waals surface area contributed by atoms with Crippen LogP contribution in [0.25, 0.3) is 0 Å². The smallest absolute Gasteiger partial charge is 0.231 e. The van der Waals surface area contributed by atoms with Crippen molar-refractivity contribution in [3.8, 4) is 0 Å². The molecule has 0 aliphatic carbocycles. The summed E-state index contributed by atoms with van der Waals surface area (Å²) in [5.74, 6) is 1.37. The van der Waals surface area contributed by atoms with Crippen LogP contribution in [0.2, 0.25) is 0 Å². The fourth-order valence-corrected chi connectivity index (χ4v) is 2.51. The number of nitrogens with zero attached hydrogens (tertiary/aromatic N) is 2. The summed E-state index contributed by atoms with van der Waals surface area (Å²) >= 11 is 1.70. The van der Waals surface area contributed by atoms with E-state index in [0.29, 0.717) is 12.3 Å². The van der Waals surface area contributed by atoms with Gasteiger partial charge < -0.3 is 10.3 Å². The third-order valence-corrected chi connectivity index (χ3v) is 3.63. The van der Waals surface area contributed by atoms with Crippen LogP contribution < -0.4 is 5.73 Å². The molecule has 96 valence electrons. The molecular formula is C14H13N3OS. The highest BCUT2D eigenvalue weighted by Crippen LogP contribution is 2.14. The molecule has 4 nitrogen and oxygen atoms in total. The molecule has 0 aliphatic rings. The molecule has 2 heterocycles. The van der Waals surface area contributed by atoms with Gasteiger partial charge in [-0.3, -0.25) is 0 Å². The molecule has 3 rings (SSSR count). The van der Waals surface area contributed by atoms with E-state index in [1.165, 1.54) is 4.88 Å². The molecule has 0 fully saturated rings. The maximum absolute atomic E-state index is 5.65. The lowest BCUT2D eigenvalue weighted by Crippen LogP contribution is -1.91. The molecule has 19 heavy (non-hydrogen) atoms. The van der Waals surface area contributed by atoms with Crippen LogP contribution in [0.5, 0.6) is 0 Å². The molecule has 0 aliphatic heterocycles. The van der Waals surface area contributed by atoms with Crippen LogP contribution >= 0.6 is 11.3 Å². The van der Waals surface area contributed by atoms with Crippen molar-refractivity contribution in [2.24, 2.45) is 0 Å². The number of hydrogen-bond donors (Lipinski definition) is 1. The highest BCUT2D eigenvalue weighted by Gasteiger charge is 2.08. The second-order valence-corrected chi connectivity index (χ2v) is 5.31. The van der Waals surface area contributed by atoms with E-state index in [9.17, 15) is 0 Å². The summed E-state index contributed by atoms with van der Waals surface area (Å²) in [5.41, 5.74) is 7.52. The first-order valence-corrected chi connectivity index (χ1v) is 6.86. The van der Waals surface area contributed by atoms with Crippen molar-refractivity contribution in [3.05, 3.63) is 63.9 Å². The Labute approximate surface area is 114 Å². The summed E-state index contributed by atoms with van der Waals surface area (Å²) in [5, 5.41) is 6.05. The Bertz CT molecular complexity index is 644. The molecule has 5 heteroatoms. The quantitative estimate of drug-likeness (QED) is 0.741. The highest BCUT2D eigenvalue weighted by atomic mass is 32.1. The van der Waals surface area contributed by atoms with Crippen molar-refractivity contribution < 1.29 is 4.52 Å². The zero-order valence-corrected chi connectivity index (χ0v) is 11.1. The predicted molar refractivity (Wildman–Crippen MR) is 75.1 cm³/mol. The topological polar surface area (TPSA) is 64.9 Å². The Morgan fingerprint density at radius 2 is 1.95 bits per heavy atom. The number of nitrogen functional groups attached to an aromatic ring is 1. The monoisotopic (exact) mass is 271 g/mol. The lowest BCUT2D eigenvalue weighted by atomic mass is 10.1. The Morgan fingerprint density at radius 3 is 2.68 bits per heavy atom. The van der Waals surface area contributed by atoms with Crippen LogP contribution in [-0.4, -0.2) is 10.1 Å². The Balaban J connectivity index is 1.69. The molecule has 0 radical (unpaired) electrons. The van der Waals surface area contributed by atoms with Crippen molar-refractivity contribution in [2.45, 2.75) is 12.8 Å². The van der Waals surface area contributed by atoms with Crippen molar-refractivity contribution in [3.63, 3.8) is 0 Å². The molecule has 0 spiro atoms. The number of benzene rings is 1. The molecular weight excluding hydrogens is 258 g/mol. The summed E-state index contributed by atoms with van der Waals surface area (Å²) in [6.45, 7) is 0. The molecule has 3 aromatic rings. The summed E-state index contributed by atoms with van der Waals surface area (Å²) in [6, 6.07) is 11.8. The molecule has 2 N–H and O–H groups in total. The Hall–Kier alpha value is -2.14. The molecule has 0 saturated heterocycles. The molecule has 0 atom stereocenters. The van der Waals surface area contributed by atoms with E-state index in [2.05, 4.69) is 16.2 Å². The zero-order valence-electron chi connectivity index (χ0n) is 10.2. The average Bonchev–Trinajstić information content (AvgIpc) is 3.05. The van der Waals surface area contributed by atoms with Crippen LogP contribution in [0.3, 0.4) is 0 Å². The summed E-state index contributed by atoms with van der Waals surface area (Å²) < 4.78 is 5.26. The normalized spacial score (nSPS) is 10.7. The van der Waals surface area contributed by atoms with E-state index in [-0.39, 0.29) is 0 Å². The Kier molecular flexibility index (Phi) is 3.29. The molecule has 0 saturated carbocycles. The summed E-state index contributed by atoms with van der Waals surface area (Å²) in [6.07, 6.45) is 1.36. The molecule has 2 aromatic heterocycles. The SMILES string of the molecule is Nc1ccc(Cc2nc(Cc3cccs3)no2)cc1. The number of nitrogens with two attached hydrogens (primary N) is 1. The summed E-state index contributed by atoms with van der Waals surface area (Å²) in [4.78, 5) is 5.64. The first kappa shape index (κ1) is 11.9. The van der Waals surface area contributed by atoms with Gasteiger partial charge in [-0.1, -0.05) is 23.4 Å². The zero-order chi connectivity index (χ0) is 13.1. The third kappa shape index (κ3) is 3.00. The lowest BCUT2D eigenvalue weighted by Gasteiger charge is -1.97. The van der Waals surface area contributed by atoms with Crippen LogP contribution in [0.15, 0.2) is 46.3 Å². The fraction of sp³-hybridized carbons (Fsp3) is 0.143. The van der Waals surface area contributed by atoms with Gasteiger partial charge in [0, 0.05) is 17.0 Å². The van der Waals surface area contributed by atoms with Gasteiger partial charge in [0.15, 0.2) is 5.82 Å². The molecule has 1 aromatic carbocycles. The van der Waals surface area contributed by atoms with E-state index in [1.807, 2.05) is 35.7 Å². The number of aromatic nitrogens is 2. The minimum atomic E-state index is 0.635. The van der Waals surface area contributed by atoms with E-state index >= 15 is 0 Å².